The summed E-state index contributed by atoms with van der Waals surface area (Å²) in [6.45, 7) is 4.04. The van der Waals surface area contributed by atoms with Gasteiger partial charge in [0.2, 0.25) is 0 Å². The van der Waals surface area contributed by atoms with Crippen molar-refractivity contribution >= 4 is 17.2 Å². The van der Waals surface area contributed by atoms with Gasteiger partial charge in [-0.15, -0.1) is 0 Å². The summed E-state index contributed by atoms with van der Waals surface area (Å²) in [5.74, 6) is 0. The summed E-state index contributed by atoms with van der Waals surface area (Å²) in [5, 5.41) is 4.27. The van der Waals surface area contributed by atoms with Crippen LogP contribution in [0.3, 0.4) is 0 Å². The number of hydrogen-bond acceptors (Lipinski definition) is 3. The summed E-state index contributed by atoms with van der Waals surface area (Å²) in [6, 6.07) is 7.72. The van der Waals surface area contributed by atoms with Gasteiger partial charge >= 0.3 is 0 Å². The SMILES string of the molecule is Cc1ccc(-c2cc(C(N)=S)c(=O)n(C)n2)c(C)c1. The average molecular weight is 273 g/mol. The van der Waals surface area contributed by atoms with Gasteiger partial charge in [-0.25, -0.2) is 4.68 Å². The van der Waals surface area contributed by atoms with Gasteiger partial charge in [-0.1, -0.05) is 36.0 Å². The molecular formula is C14H15N3OS. The molecule has 98 valence electrons. The van der Waals surface area contributed by atoms with E-state index in [1.54, 1.807) is 13.1 Å². The van der Waals surface area contributed by atoms with Gasteiger partial charge in [0.1, 0.15) is 4.99 Å². The highest BCUT2D eigenvalue weighted by atomic mass is 32.1. The Kier molecular flexibility index (Phi) is 3.48. The van der Waals surface area contributed by atoms with Gasteiger partial charge in [-0.2, -0.15) is 5.10 Å². The Morgan fingerprint density at radius 1 is 1.32 bits per heavy atom. The first-order valence-corrected chi connectivity index (χ1v) is 6.26. The monoisotopic (exact) mass is 273 g/mol. The van der Waals surface area contributed by atoms with Gasteiger partial charge in [-0.3, -0.25) is 4.79 Å². The molecule has 2 N–H and O–H groups in total. The maximum atomic E-state index is 11.9. The van der Waals surface area contributed by atoms with Crippen molar-refractivity contribution in [1.29, 1.82) is 0 Å². The van der Waals surface area contributed by atoms with E-state index in [1.807, 2.05) is 26.0 Å². The molecule has 0 aliphatic heterocycles. The fourth-order valence-corrected chi connectivity index (χ4v) is 2.16. The molecule has 0 aliphatic rings. The van der Waals surface area contributed by atoms with Gasteiger partial charge in [0.15, 0.2) is 0 Å². The normalized spacial score (nSPS) is 10.5. The number of aryl methyl sites for hydroxylation is 3. The van der Waals surface area contributed by atoms with Gasteiger partial charge in [-0.05, 0) is 25.5 Å². The molecular weight excluding hydrogens is 258 g/mol. The highest BCUT2D eigenvalue weighted by molar-refractivity contribution is 7.80. The fraction of sp³-hybridized carbons (Fsp3) is 0.214. The van der Waals surface area contributed by atoms with E-state index in [0.29, 0.717) is 11.3 Å². The second kappa shape index (κ2) is 4.93. The molecule has 1 heterocycles. The molecule has 4 nitrogen and oxygen atoms in total. The molecule has 5 heteroatoms. The van der Waals surface area contributed by atoms with Crippen LogP contribution in [-0.2, 0) is 7.05 Å². The zero-order chi connectivity index (χ0) is 14.2. The van der Waals surface area contributed by atoms with E-state index in [-0.39, 0.29) is 10.5 Å². The van der Waals surface area contributed by atoms with Crippen LogP contribution in [0.5, 0.6) is 0 Å². The summed E-state index contributed by atoms with van der Waals surface area (Å²) in [7, 11) is 1.59. The molecule has 0 aliphatic carbocycles. The van der Waals surface area contributed by atoms with Crippen LogP contribution in [0.4, 0.5) is 0 Å². The maximum absolute atomic E-state index is 11.9. The topological polar surface area (TPSA) is 60.9 Å². The summed E-state index contributed by atoms with van der Waals surface area (Å²) in [4.78, 5) is 12.0. The largest absolute Gasteiger partial charge is 0.389 e. The van der Waals surface area contributed by atoms with Crippen LogP contribution >= 0.6 is 12.2 Å². The van der Waals surface area contributed by atoms with E-state index in [1.165, 1.54) is 10.2 Å². The van der Waals surface area contributed by atoms with E-state index >= 15 is 0 Å². The fourth-order valence-electron chi connectivity index (χ4n) is 2.02. The Morgan fingerprint density at radius 3 is 2.58 bits per heavy atom. The molecule has 2 rings (SSSR count). The van der Waals surface area contributed by atoms with E-state index in [2.05, 4.69) is 11.2 Å². The third kappa shape index (κ3) is 2.56. The van der Waals surface area contributed by atoms with Crippen molar-refractivity contribution in [3.63, 3.8) is 0 Å². The molecule has 1 aromatic heterocycles. The number of hydrogen-bond donors (Lipinski definition) is 1. The summed E-state index contributed by atoms with van der Waals surface area (Å²) < 4.78 is 1.27. The van der Waals surface area contributed by atoms with Gasteiger partial charge in [0.25, 0.3) is 5.56 Å². The minimum absolute atomic E-state index is 0.0917. The zero-order valence-corrected chi connectivity index (χ0v) is 11.9. The molecule has 1 aromatic carbocycles. The molecule has 0 saturated heterocycles. The van der Waals surface area contributed by atoms with Crippen LogP contribution in [-0.4, -0.2) is 14.8 Å². The average Bonchev–Trinajstić information content (AvgIpc) is 2.32. The van der Waals surface area contributed by atoms with Gasteiger partial charge < -0.3 is 5.73 Å². The zero-order valence-electron chi connectivity index (χ0n) is 11.1. The molecule has 0 fully saturated rings. The first-order valence-electron chi connectivity index (χ1n) is 5.86. The molecule has 2 aromatic rings. The van der Waals surface area contributed by atoms with Crippen molar-refractivity contribution in [1.82, 2.24) is 9.78 Å². The van der Waals surface area contributed by atoms with Gasteiger partial charge in [0.05, 0.1) is 11.3 Å². The predicted octanol–water partition coefficient (Wildman–Crippen LogP) is 1.70. The minimum Gasteiger partial charge on any atom is -0.389 e. The third-order valence-electron chi connectivity index (χ3n) is 2.99. The van der Waals surface area contributed by atoms with E-state index < -0.39 is 0 Å². The standard InChI is InChI=1S/C14H15N3OS/c1-8-4-5-10(9(2)6-8)12-7-11(13(15)19)14(18)17(3)16-12/h4-7H,1-3H3,(H2,15,19). The second-order valence-electron chi connectivity index (χ2n) is 4.55. The number of benzene rings is 1. The van der Waals surface area contributed by atoms with Crippen LogP contribution in [0.15, 0.2) is 29.1 Å². The predicted molar refractivity (Wildman–Crippen MR) is 80.3 cm³/mol. The van der Waals surface area contributed by atoms with E-state index in [4.69, 9.17) is 18.0 Å². The Morgan fingerprint density at radius 2 is 2.00 bits per heavy atom. The van der Waals surface area contributed by atoms with Crippen LogP contribution < -0.4 is 11.3 Å². The summed E-state index contributed by atoms with van der Waals surface area (Å²) in [5.41, 5.74) is 9.57. The van der Waals surface area contributed by atoms with Crippen molar-refractivity contribution in [2.45, 2.75) is 13.8 Å². The van der Waals surface area contributed by atoms with Crippen LogP contribution in [0.2, 0.25) is 0 Å². The van der Waals surface area contributed by atoms with Crippen LogP contribution in [0, 0.1) is 13.8 Å². The highest BCUT2D eigenvalue weighted by Crippen LogP contribution is 2.22. The maximum Gasteiger partial charge on any atom is 0.276 e. The lowest BCUT2D eigenvalue weighted by molar-refractivity contribution is 0.710. The molecule has 0 saturated carbocycles. The quantitative estimate of drug-likeness (QED) is 0.846. The molecule has 0 atom stereocenters. The molecule has 0 radical (unpaired) electrons. The van der Waals surface area contributed by atoms with Crippen molar-refractivity contribution < 1.29 is 0 Å². The minimum atomic E-state index is -0.277. The Bertz CT molecular complexity index is 719. The number of thiocarbonyl (C=S) groups is 1. The highest BCUT2D eigenvalue weighted by Gasteiger charge is 2.11. The molecule has 19 heavy (non-hydrogen) atoms. The Labute approximate surface area is 116 Å². The first kappa shape index (κ1) is 13.4. The Hall–Kier alpha value is -2.01. The molecule has 0 bridgehead atoms. The van der Waals surface area contributed by atoms with E-state index in [9.17, 15) is 4.79 Å². The number of nitrogens with zero attached hydrogens (tertiary/aromatic N) is 2. The molecule has 0 amide bonds. The van der Waals surface area contributed by atoms with E-state index in [0.717, 1.165) is 11.1 Å². The van der Waals surface area contributed by atoms with Gasteiger partial charge in [0, 0.05) is 12.6 Å². The van der Waals surface area contributed by atoms with Crippen LogP contribution in [0.25, 0.3) is 11.3 Å². The number of aromatic nitrogens is 2. The Balaban J connectivity index is 2.70. The number of nitrogens with two attached hydrogens (primary N) is 1. The lowest BCUT2D eigenvalue weighted by atomic mass is 10.0. The van der Waals surface area contributed by atoms with Crippen molar-refractivity contribution in [2.24, 2.45) is 12.8 Å². The molecule has 0 spiro atoms. The smallest absolute Gasteiger partial charge is 0.276 e. The first-order chi connectivity index (χ1) is 8.90. The second-order valence-corrected chi connectivity index (χ2v) is 4.99. The lowest BCUT2D eigenvalue weighted by Crippen LogP contribution is -2.29. The van der Waals surface area contributed by atoms with Crippen molar-refractivity contribution in [3.8, 4) is 11.3 Å². The molecule has 0 unspecified atom stereocenters. The number of rotatable bonds is 2. The summed E-state index contributed by atoms with van der Waals surface area (Å²) >= 11 is 4.91. The lowest BCUT2D eigenvalue weighted by Gasteiger charge is -2.09. The summed E-state index contributed by atoms with van der Waals surface area (Å²) in [6.07, 6.45) is 0. The van der Waals surface area contributed by atoms with Crippen molar-refractivity contribution in [2.75, 3.05) is 0 Å². The third-order valence-corrected chi connectivity index (χ3v) is 3.21. The van der Waals surface area contributed by atoms with Crippen LogP contribution in [0.1, 0.15) is 16.7 Å². The van der Waals surface area contributed by atoms with Crippen molar-refractivity contribution in [3.05, 3.63) is 51.3 Å².